The van der Waals surface area contributed by atoms with E-state index in [2.05, 4.69) is 0 Å². The van der Waals surface area contributed by atoms with E-state index in [-0.39, 0.29) is 12.3 Å². The van der Waals surface area contributed by atoms with Crippen molar-refractivity contribution in [1.82, 2.24) is 4.90 Å². The van der Waals surface area contributed by atoms with E-state index in [9.17, 15) is 24.5 Å². The van der Waals surface area contributed by atoms with Crippen LogP contribution in [0.3, 0.4) is 0 Å². The number of carboxylic acids is 1. The van der Waals surface area contributed by atoms with Gasteiger partial charge in [0.1, 0.15) is 25.2 Å². The topological polar surface area (TPSA) is 136 Å². The van der Waals surface area contributed by atoms with E-state index in [1.165, 1.54) is 47.9 Å². The van der Waals surface area contributed by atoms with Crippen LogP contribution in [0.5, 0.6) is 0 Å². The normalized spacial score (nSPS) is 19.8. The molecule has 0 aliphatic carbocycles. The molecule has 2 rings (SSSR count). The molecule has 1 heterocycles. The largest absolute Gasteiger partial charge is 0.508 e. The number of nitro benzene ring substituents is 1. The van der Waals surface area contributed by atoms with Crippen molar-refractivity contribution in [3.8, 4) is 0 Å². The minimum atomic E-state index is -1.11. The third-order valence-electron chi connectivity index (χ3n) is 4.02. The summed E-state index contributed by atoms with van der Waals surface area (Å²) in [6, 6.07) is 5.50. The Hall–Kier alpha value is -2.82. The maximum Gasteiger partial charge on any atom is 0.508 e. The first-order chi connectivity index (χ1) is 12.7. The number of likely N-dealkylation sites (tertiary alicyclic amines) is 1. The lowest BCUT2D eigenvalue weighted by Gasteiger charge is -2.47. The number of amides is 1. The van der Waals surface area contributed by atoms with Gasteiger partial charge in [0.25, 0.3) is 5.69 Å². The molecule has 1 fully saturated rings. The Kier molecular flexibility index (Phi) is 6.61. The average molecular weight is 398 g/mol. The maximum absolute atomic E-state index is 12.1. The number of nitrogens with zero attached hydrogens (tertiary/aromatic N) is 2. The predicted molar refractivity (Wildman–Crippen MR) is 94.0 cm³/mol. The second kappa shape index (κ2) is 8.71. The standard InChI is InChI=1S/C16H18N2O8S/c1-9(13-14(21)17(7-12(19)20)15(13)27-2)26-16(22)25-8-10-3-5-11(6-4-10)18(23)24/h3-6,9,13,15H,7-8H2,1-2H3,(H,19,20)/t9-,13-,15+/m0/s1. The highest BCUT2D eigenvalue weighted by Crippen LogP contribution is 2.37. The zero-order valence-electron chi connectivity index (χ0n) is 14.6. The van der Waals surface area contributed by atoms with Crippen LogP contribution in [0.2, 0.25) is 0 Å². The van der Waals surface area contributed by atoms with Gasteiger partial charge in [-0.05, 0) is 30.9 Å². The fourth-order valence-corrected chi connectivity index (χ4v) is 3.75. The first-order valence-electron chi connectivity index (χ1n) is 7.86. The highest BCUT2D eigenvalue weighted by molar-refractivity contribution is 7.99. The van der Waals surface area contributed by atoms with Crippen molar-refractivity contribution in [2.45, 2.75) is 25.0 Å². The van der Waals surface area contributed by atoms with Crippen molar-refractivity contribution in [2.24, 2.45) is 5.92 Å². The summed E-state index contributed by atoms with van der Waals surface area (Å²) in [7, 11) is 0. The van der Waals surface area contributed by atoms with E-state index in [1.807, 2.05) is 0 Å². The van der Waals surface area contributed by atoms with Crippen LogP contribution >= 0.6 is 11.8 Å². The number of carbonyl (C=O) groups excluding carboxylic acids is 2. The van der Waals surface area contributed by atoms with Crippen LogP contribution in [-0.2, 0) is 25.7 Å². The Morgan fingerprint density at radius 1 is 1.37 bits per heavy atom. The average Bonchev–Trinajstić information content (AvgIpc) is 2.62. The molecular formula is C16H18N2O8S. The second-order valence-electron chi connectivity index (χ2n) is 5.80. The lowest BCUT2D eigenvalue weighted by molar-refractivity contribution is -0.384. The van der Waals surface area contributed by atoms with Crippen molar-refractivity contribution in [1.29, 1.82) is 0 Å². The smallest absolute Gasteiger partial charge is 0.480 e. The zero-order chi connectivity index (χ0) is 20.1. The molecule has 1 aliphatic heterocycles. The minimum Gasteiger partial charge on any atom is -0.480 e. The van der Waals surface area contributed by atoms with Crippen LogP contribution in [0, 0.1) is 16.0 Å². The number of thioether (sulfide) groups is 1. The predicted octanol–water partition coefficient (Wildman–Crippen LogP) is 1.87. The van der Waals surface area contributed by atoms with E-state index in [4.69, 9.17) is 14.6 Å². The molecule has 1 amide bonds. The number of ether oxygens (including phenoxy) is 2. The molecule has 1 saturated heterocycles. The van der Waals surface area contributed by atoms with E-state index < -0.39 is 46.9 Å². The number of carbonyl (C=O) groups is 3. The Morgan fingerprint density at radius 2 is 2.00 bits per heavy atom. The molecule has 3 atom stereocenters. The molecular weight excluding hydrogens is 380 g/mol. The molecule has 0 unspecified atom stereocenters. The molecule has 1 aromatic carbocycles. The van der Waals surface area contributed by atoms with Gasteiger partial charge in [-0.2, -0.15) is 0 Å². The van der Waals surface area contributed by atoms with E-state index in [0.717, 1.165) is 0 Å². The first-order valence-corrected chi connectivity index (χ1v) is 9.15. The van der Waals surface area contributed by atoms with Crippen molar-refractivity contribution >= 4 is 35.5 Å². The van der Waals surface area contributed by atoms with E-state index >= 15 is 0 Å². The summed E-state index contributed by atoms with van der Waals surface area (Å²) in [5.41, 5.74) is 0.465. The molecule has 27 heavy (non-hydrogen) atoms. The van der Waals surface area contributed by atoms with Gasteiger partial charge >= 0.3 is 12.1 Å². The molecule has 0 aromatic heterocycles. The van der Waals surface area contributed by atoms with E-state index in [0.29, 0.717) is 5.56 Å². The fraction of sp³-hybridized carbons (Fsp3) is 0.438. The summed E-state index contributed by atoms with van der Waals surface area (Å²) >= 11 is 1.30. The Labute approximate surface area is 158 Å². The maximum atomic E-state index is 12.1. The molecule has 1 aliphatic rings. The van der Waals surface area contributed by atoms with Crippen molar-refractivity contribution < 1.29 is 33.9 Å². The van der Waals surface area contributed by atoms with Crippen molar-refractivity contribution in [2.75, 3.05) is 12.8 Å². The quantitative estimate of drug-likeness (QED) is 0.301. The van der Waals surface area contributed by atoms with Crippen LogP contribution in [0.15, 0.2) is 24.3 Å². The Morgan fingerprint density at radius 3 is 2.52 bits per heavy atom. The second-order valence-corrected chi connectivity index (χ2v) is 6.75. The SMILES string of the molecule is CS[C@@H]1[C@@H]([C@H](C)OC(=O)OCc2ccc([N+](=O)[O-])cc2)C(=O)N1CC(=O)O. The monoisotopic (exact) mass is 398 g/mol. The fourth-order valence-electron chi connectivity index (χ4n) is 2.69. The third kappa shape index (κ3) is 4.88. The number of aliphatic carboxylic acids is 1. The van der Waals surface area contributed by atoms with Gasteiger partial charge < -0.3 is 19.5 Å². The molecule has 1 N–H and O–H groups in total. The number of hydrogen-bond acceptors (Lipinski definition) is 8. The minimum absolute atomic E-state index is 0.0764. The molecule has 1 aromatic rings. The van der Waals surface area contributed by atoms with Gasteiger partial charge in [-0.3, -0.25) is 19.7 Å². The lowest BCUT2D eigenvalue weighted by Crippen LogP contribution is -2.64. The number of hydrogen-bond donors (Lipinski definition) is 1. The summed E-state index contributed by atoms with van der Waals surface area (Å²) in [6.45, 7) is 0.994. The first kappa shape index (κ1) is 20.5. The van der Waals surface area contributed by atoms with Crippen molar-refractivity contribution in [3.05, 3.63) is 39.9 Å². The van der Waals surface area contributed by atoms with Gasteiger partial charge in [-0.1, -0.05) is 0 Å². The Balaban J connectivity index is 1.85. The Bertz CT molecular complexity index is 738. The van der Waals surface area contributed by atoms with Gasteiger partial charge in [0.2, 0.25) is 5.91 Å². The van der Waals surface area contributed by atoms with Crippen LogP contribution in [0.25, 0.3) is 0 Å². The van der Waals surface area contributed by atoms with Gasteiger partial charge in [-0.25, -0.2) is 4.79 Å². The molecule has 11 heteroatoms. The van der Waals surface area contributed by atoms with Crippen LogP contribution in [0.4, 0.5) is 10.5 Å². The number of rotatable bonds is 8. The molecule has 0 saturated carbocycles. The summed E-state index contributed by atoms with van der Waals surface area (Å²) in [5.74, 6) is -2.16. The van der Waals surface area contributed by atoms with Gasteiger partial charge in [-0.15, -0.1) is 11.8 Å². The van der Waals surface area contributed by atoms with Gasteiger partial charge in [0.05, 0.1) is 10.3 Å². The highest BCUT2D eigenvalue weighted by atomic mass is 32.2. The zero-order valence-corrected chi connectivity index (χ0v) is 15.4. The molecule has 0 spiro atoms. The van der Waals surface area contributed by atoms with Crippen molar-refractivity contribution in [3.63, 3.8) is 0 Å². The summed E-state index contributed by atoms with van der Waals surface area (Å²) in [6.07, 6.45) is -0.0342. The molecule has 0 radical (unpaired) electrons. The number of carboxylic acid groups (broad SMARTS) is 1. The molecule has 146 valence electrons. The molecule has 0 bridgehead atoms. The number of non-ortho nitro benzene ring substituents is 1. The van der Waals surface area contributed by atoms with Gasteiger partial charge in [0.15, 0.2) is 0 Å². The summed E-state index contributed by atoms with van der Waals surface area (Å²) in [4.78, 5) is 46.0. The number of nitro groups is 1. The summed E-state index contributed by atoms with van der Waals surface area (Å²) in [5, 5.41) is 19.0. The van der Waals surface area contributed by atoms with Crippen LogP contribution in [-0.4, -0.2) is 57.2 Å². The van der Waals surface area contributed by atoms with Crippen LogP contribution < -0.4 is 0 Å². The van der Waals surface area contributed by atoms with Gasteiger partial charge in [0, 0.05) is 12.1 Å². The van der Waals surface area contributed by atoms with Crippen LogP contribution in [0.1, 0.15) is 12.5 Å². The summed E-state index contributed by atoms with van der Waals surface area (Å²) < 4.78 is 10.1. The third-order valence-corrected chi connectivity index (χ3v) is 5.05. The number of benzene rings is 1. The number of β-lactam (4-membered cyclic amide) rings is 1. The lowest BCUT2D eigenvalue weighted by atomic mass is 9.92. The van der Waals surface area contributed by atoms with E-state index in [1.54, 1.807) is 6.26 Å². The molecule has 10 nitrogen and oxygen atoms in total. The highest BCUT2D eigenvalue weighted by Gasteiger charge is 2.51.